The van der Waals surface area contributed by atoms with Crippen molar-refractivity contribution < 1.29 is 55.8 Å². The molecule has 0 aliphatic heterocycles. The van der Waals surface area contributed by atoms with Gasteiger partial charge in [0.15, 0.2) is 0 Å². The van der Waals surface area contributed by atoms with Crippen LogP contribution in [0.4, 0.5) is 0 Å². The van der Waals surface area contributed by atoms with Crippen molar-refractivity contribution in [1.29, 1.82) is 0 Å². The maximum Gasteiger partial charge on any atom is 4.00 e. The summed E-state index contributed by atoms with van der Waals surface area (Å²) in [6.07, 6.45) is 10.5. The Balaban J connectivity index is -0.000000125. The summed E-state index contributed by atoms with van der Waals surface area (Å²) in [7, 11) is 0. The monoisotopic (exact) mass is 291 g/mol. The SMILES string of the molecule is CCCCC1=C(C)[C-]=CC1.[Cl-].[Cl-].[Cl-].[V+4]. The van der Waals surface area contributed by atoms with Crippen LogP contribution in [-0.4, -0.2) is 0 Å². The molecule has 0 N–H and O–H groups in total. The molecule has 0 fully saturated rings. The minimum absolute atomic E-state index is 0. The van der Waals surface area contributed by atoms with Crippen LogP contribution in [0, 0.1) is 6.08 Å². The van der Waals surface area contributed by atoms with Crippen molar-refractivity contribution in [1.82, 2.24) is 0 Å². The van der Waals surface area contributed by atoms with E-state index in [1.165, 1.54) is 24.8 Å². The summed E-state index contributed by atoms with van der Waals surface area (Å²) in [6, 6.07) is 0. The molecule has 0 unspecified atom stereocenters. The number of hydrogen-bond acceptors (Lipinski definition) is 0. The molecule has 0 amide bonds. The van der Waals surface area contributed by atoms with Crippen LogP contribution in [0.2, 0.25) is 0 Å². The maximum absolute atomic E-state index is 3.23. The van der Waals surface area contributed by atoms with E-state index in [4.69, 9.17) is 0 Å². The summed E-state index contributed by atoms with van der Waals surface area (Å²) >= 11 is 0. The third kappa shape index (κ3) is 8.26. The van der Waals surface area contributed by atoms with Crippen LogP contribution >= 0.6 is 0 Å². The Bertz CT molecular complexity index is 176. The Morgan fingerprint density at radius 1 is 1.29 bits per heavy atom. The molecule has 0 spiro atoms. The van der Waals surface area contributed by atoms with Gasteiger partial charge in [0.2, 0.25) is 0 Å². The van der Waals surface area contributed by atoms with Gasteiger partial charge in [-0.1, -0.05) is 39.5 Å². The number of rotatable bonds is 3. The predicted octanol–water partition coefficient (Wildman–Crippen LogP) is -5.73. The average Bonchev–Trinajstić information content (AvgIpc) is 2.31. The minimum atomic E-state index is 0. The van der Waals surface area contributed by atoms with Gasteiger partial charge in [0.1, 0.15) is 0 Å². The van der Waals surface area contributed by atoms with Gasteiger partial charge in [-0.05, 0) is 0 Å². The van der Waals surface area contributed by atoms with E-state index >= 15 is 0 Å². The van der Waals surface area contributed by atoms with Gasteiger partial charge in [0.25, 0.3) is 0 Å². The Hall–Kier alpha value is 0.934. The van der Waals surface area contributed by atoms with Crippen LogP contribution < -0.4 is 37.2 Å². The number of halogens is 3. The smallest absolute Gasteiger partial charge is 1.00 e. The molecule has 1 rings (SSSR count). The van der Waals surface area contributed by atoms with Crippen LogP contribution in [0.25, 0.3) is 0 Å². The van der Waals surface area contributed by atoms with Crippen molar-refractivity contribution >= 4 is 0 Å². The molecular formula is C10H15Cl3V. The summed E-state index contributed by atoms with van der Waals surface area (Å²) < 4.78 is 0. The first kappa shape index (κ1) is 24.3. The van der Waals surface area contributed by atoms with Crippen molar-refractivity contribution in [3.05, 3.63) is 23.3 Å². The molecule has 0 heterocycles. The van der Waals surface area contributed by atoms with Crippen LogP contribution in [-0.2, 0) is 18.6 Å². The third-order valence-electron chi connectivity index (χ3n) is 2.03. The van der Waals surface area contributed by atoms with E-state index in [-0.39, 0.29) is 55.8 Å². The first-order valence-corrected chi connectivity index (χ1v) is 4.11. The van der Waals surface area contributed by atoms with Crippen molar-refractivity contribution in [2.45, 2.75) is 39.5 Å². The van der Waals surface area contributed by atoms with Crippen LogP contribution in [0.5, 0.6) is 0 Å². The van der Waals surface area contributed by atoms with Crippen molar-refractivity contribution in [3.63, 3.8) is 0 Å². The van der Waals surface area contributed by atoms with Gasteiger partial charge in [0, 0.05) is 0 Å². The third-order valence-corrected chi connectivity index (χ3v) is 2.03. The molecule has 4 heteroatoms. The quantitative estimate of drug-likeness (QED) is 0.455. The largest absolute Gasteiger partial charge is 4.00 e. The summed E-state index contributed by atoms with van der Waals surface area (Å²) in [5.74, 6) is 0. The second-order valence-corrected chi connectivity index (χ2v) is 2.88. The molecule has 0 saturated heterocycles. The molecular weight excluding hydrogens is 277 g/mol. The molecule has 1 aliphatic carbocycles. The van der Waals surface area contributed by atoms with E-state index in [1.54, 1.807) is 5.57 Å². The molecule has 0 aromatic rings. The van der Waals surface area contributed by atoms with E-state index in [2.05, 4.69) is 26.0 Å². The molecule has 0 saturated carbocycles. The van der Waals surface area contributed by atoms with E-state index in [0.717, 1.165) is 6.42 Å². The van der Waals surface area contributed by atoms with Crippen LogP contribution in [0.15, 0.2) is 17.2 Å². The first-order valence-electron chi connectivity index (χ1n) is 4.11. The zero-order valence-electron chi connectivity index (χ0n) is 8.49. The molecule has 81 valence electrons. The molecule has 0 atom stereocenters. The zero-order chi connectivity index (χ0) is 7.40. The average molecular weight is 293 g/mol. The van der Waals surface area contributed by atoms with Gasteiger partial charge in [-0.3, -0.25) is 6.08 Å². The maximum atomic E-state index is 3.23. The topological polar surface area (TPSA) is 0 Å². The van der Waals surface area contributed by atoms with Crippen LogP contribution in [0.1, 0.15) is 39.5 Å². The summed E-state index contributed by atoms with van der Waals surface area (Å²) in [4.78, 5) is 0. The van der Waals surface area contributed by atoms with E-state index in [9.17, 15) is 0 Å². The van der Waals surface area contributed by atoms with E-state index < -0.39 is 0 Å². The Morgan fingerprint density at radius 3 is 2.21 bits per heavy atom. The zero-order valence-corrected chi connectivity index (χ0v) is 12.2. The Labute approximate surface area is 118 Å². The van der Waals surface area contributed by atoms with Crippen molar-refractivity contribution in [2.75, 3.05) is 0 Å². The van der Waals surface area contributed by atoms with Crippen molar-refractivity contribution in [2.24, 2.45) is 0 Å². The number of allylic oxidation sites excluding steroid dienone is 4. The van der Waals surface area contributed by atoms with Gasteiger partial charge in [-0.15, -0.1) is 0 Å². The molecule has 1 aliphatic rings. The summed E-state index contributed by atoms with van der Waals surface area (Å²) in [5.41, 5.74) is 2.98. The van der Waals surface area contributed by atoms with Crippen molar-refractivity contribution in [3.8, 4) is 0 Å². The number of hydrogen-bond donors (Lipinski definition) is 0. The predicted molar refractivity (Wildman–Crippen MR) is 44.7 cm³/mol. The van der Waals surface area contributed by atoms with E-state index in [0.29, 0.717) is 0 Å². The number of unbranched alkanes of at least 4 members (excludes halogenated alkanes) is 1. The minimum Gasteiger partial charge on any atom is -1.00 e. The standard InChI is InChI=1S/C10H15.3ClH.V/c1-3-4-7-10-8-5-6-9(10)2;;;;/h5H,3-4,7-8H2,1-2H3;3*1H;/q-1;;;;+4/p-3. The molecule has 0 aromatic carbocycles. The molecule has 0 aromatic heterocycles. The first-order chi connectivity index (χ1) is 4.84. The molecule has 0 nitrogen and oxygen atoms in total. The second kappa shape index (κ2) is 13.9. The summed E-state index contributed by atoms with van der Waals surface area (Å²) in [5, 5.41) is 0. The fraction of sp³-hybridized carbons (Fsp3) is 0.600. The Morgan fingerprint density at radius 2 is 1.86 bits per heavy atom. The van der Waals surface area contributed by atoms with E-state index in [1.807, 2.05) is 0 Å². The van der Waals surface area contributed by atoms with Gasteiger partial charge in [-0.2, -0.15) is 6.08 Å². The molecule has 14 heavy (non-hydrogen) atoms. The normalized spacial score (nSPS) is 12.1. The fourth-order valence-corrected chi connectivity index (χ4v) is 1.26. The molecule has 1 radical (unpaired) electrons. The van der Waals surface area contributed by atoms with Gasteiger partial charge in [0.05, 0.1) is 0 Å². The Kier molecular flexibility index (Phi) is 24.1. The van der Waals surface area contributed by atoms with Gasteiger partial charge in [-0.25, -0.2) is 11.1 Å². The fourth-order valence-electron chi connectivity index (χ4n) is 1.26. The van der Waals surface area contributed by atoms with Crippen LogP contribution in [0.3, 0.4) is 0 Å². The van der Waals surface area contributed by atoms with Gasteiger partial charge < -0.3 is 37.2 Å². The summed E-state index contributed by atoms with van der Waals surface area (Å²) in [6.45, 7) is 4.40. The second-order valence-electron chi connectivity index (χ2n) is 2.88. The molecule has 0 bridgehead atoms. The van der Waals surface area contributed by atoms with Gasteiger partial charge >= 0.3 is 18.6 Å².